The van der Waals surface area contributed by atoms with Crippen molar-refractivity contribution in [3.63, 3.8) is 0 Å². The van der Waals surface area contributed by atoms with Crippen LogP contribution >= 0.6 is 0 Å². The van der Waals surface area contributed by atoms with Crippen LogP contribution in [0.25, 0.3) is 0 Å². The Morgan fingerprint density at radius 2 is 2.00 bits per heavy atom. The topological polar surface area (TPSA) is 44.1 Å². The third kappa shape index (κ3) is 2.41. The SMILES string of the molecule is CC(=O)c1ccc(C#N)cc1N1CCCc2ccccc21. The minimum atomic E-state index is 0.0255. The van der Waals surface area contributed by atoms with E-state index in [1.54, 1.807) is 19.1 Å². The number of hydrogen-bond donors (Lipinski definition) is 0. The fourth-order valence-electron chi connectivity index (χ4n) is 2.91. The summed E-state index contributed by atoms with van der Waals surface area (Å²) in [4.78, 5) is 14.1. The van der Waals surface area contributed by atoms with Gasteiger partial charge in [-0.1, -0.05) is 18.2 Å². The lowest BCUT2D eigenvalue weighted by Gasteiger charge is -2.32. The van der Waals surface area contributed by atoms with E-state index in [1.807, 2.05) is 18.2 Å². The fourth-order valence-corrected chi connectivity index (χ4v) is 2.91. The number of carbonyl (C=O) groups excluding carboxylic acids is 1. The highest BCUT2D eigenvalue weighted by molar-refractivity contribution is 6.01. The van der Waals surface area contributed by atoms with Crippen molar-refractivity contribution >= 4 is 17.2 Å². The Kier molecular flexibility index (Phi) is 3.45. The van der Waals surface area contributed by atoms with Gasteiger partial charge >= 0.3 is 0 Å². The van der Waals surface area contributed by atoms with Crippen molar-refractivity contribution in [2.45, 2.75) is 19.8 Å². The summed E-state index contributed by atoms with van der Waals surface area (Å²) >= 11 is 0. The van der Waals surface area contributed by atoms with E-state index >= 15 is 0 Å². The molecule has 3 heteroatoms. The van der Waals surface area contributed by atoms with Gasteiger partial charge in [0.25, 0.3) is 0 Å². The Morgan fingerprint density at radius 3 is 2.76 bits per heavy atom. The third-order valence-electron chi connectivity index (χ3n) is 3.91. The first-order chi connectivity index (χ1) is 10.2. The zero-order valence-corrected chi connectivity index (χ0v) is 12.0. The predicted molar refractivity (Wildman–Crippen MR) is 82.9 cm³/mol. The van der Waals surface area contributed by atoms with Crippen LogP contribution in [0.15, 0.2) is 42.5 Å². The molecule has 104 valence electrons. The number of para-hydroxylation sites is 1. The molecule has 0 atom stereocenters. The molecule has 0 aromatic heterocycles. The standard InChI is InChI=1S/C18H16N2O/c1-13(21)16-9-8-14(12-19)11-18(16)20-10-4-6-15-5-2-3-7-17(15)20/h2-3,5,7-9,11H,4,6,10H2,1H3. The summed E-state index contributed by atoms with van der Waals surface area (Å²) in [5, 5.41) is 9.13. The van der Waals surface area contributed by atoms with E-state index in [-0.39, 0.29) is 5.78 Å². The van der Waals surface area contributed by atoms with Crippen LogP contribution in [0.4, 0.5) is 11.4 Å². The first-order valence-corrected chi connectivity index (χ1v) is 7.11. The smallest absolute Gasteiger partial charge is 0.161 e. The molecule has 1 heterocycles. The molecule has 3 rings (SSSR count). The Morgan fingerprint density at radius 1 is 1.19 bits per heavy atom. The first-order valence-electron chi connectivity index (χ1n) is 7.11. The second-order valence-corrected chi connectivity index (χ2v) is 5.28. The van der Waals surface area contributed by atoms with E-state index in [2.05, 4.69) is 23.1 Å². The van der Waals surface area contributed by atoms with Crippen LogP contribution < -0.4 is 4.90 Å². The molecule has 2 aromatic rings. The van der Waals surface area contributed by atoms with Gasteiger partial charge in [-0.15, -0.1) is 0 Å². The molecule has 0 spiro atoms. The van der Waals surface area contributed by atoms with E-state index < -0.39 is 0 Å². The Bertz CT molecular complexity index is 743. The highest BCUT2D eigenvalue weighted by Gasteiger charge is 2.21. The van der Waals surface area contributed by atoms with Gasteiger partial charge in [-0.25, -0.2) is 0 Å². The van der Waals surface area contributed by atoms with E-state index in [0.29, 0.717) is 11.1 Å². The summed E-state index contributed by atoms with van der Waals surface area (Å²) < 4.78 is 0. The predicted octanol–water partition coefficient (Wildman–Crippen LogP) is 3.85. The van der Waals surface area contributed by atoms with Crippen LogP contribution in [0.3, 0.4) is 0 Å². The van der Waals surface area contributed by atoms with Gasteiger partial charge in [0.05, 0.1) is 17.3 Å². The van der Waals surface area contributed by atoms with E-state index in [4.69, 9.17) is 5.26 Å². The number of nitriles is 1. The van der Waals surface area contributed by atoms with Gasteiger partial charge in [0.15, 0.2) is 5.78 Å². The van der Waals surface area contributed by atoms with Gasteiger partial charge in [0.1, 0.15) is 0 Å². The number of nitrogens with zero attached hydrogens (tertiary/aromatic N) is 2. The highest BCUT2D eigenvalue weighted by atomic mass is 16.1. The summed E-state index contributed by atoms with van der Waals surface area (Å²) in [7, 11) is 0. The zero-order valence-electron chi connectivity index (χ0n) is 12.0. The summed E-state index contributed by atoms with van der Waals surface area (Å²) in [5.74, 6) is 0.0255. The monoisotopic (exact) mass is 276 g/mol. The number of aryl methyl sites for hydroxylation is 1. The molecule has 0 unspecified atom stereocenters. The molecule has 0 fully saturated rings. The van der Waals surface area contributed by atoms with Crippen LogP contribution in [-0.2, 0) is 6.42 Å². The largest absolute Gasteiger partial charge is 0.341 e. The van der Waals surface area contributed by atoms with Crippen LogP contribution in [-0.4, -0.2) is 12.3 Å². The van der Waals surface area contributed by atoms with Crippen LogP contribution in [0.1, 0.15) is 34.8 Å². The van der Waals surface area contributed by atoms with Crippen molar-refractivity contribution in [1.29, 1.82) is 5.26 Å². The van der Waals surface area contributed by atoms with Crippen molar-refractivity contribution in [2.24, 2.45) is 0 Å². The number of Topliss-reactive ketones (excluding diaryl/α,β-unsaturated/α-hetero) is 1. The number of benzene rings is 2. The maximum atomic E-state index is 11.9. The Hall–Kier alpha value is -2.60. The van der Waals surface area contributed by atoms with E-state index in [0.717, 1.165) is 30.8 Å². The molecule has 0 N–H and O–H groups in total. The quantitative estimate of drug-likeness (QED) is 0.783. The molecule has 3 nitrogen and oxygen atoms in total. The van der Waals surface area contributed by atoms with E-state index in [1.165, 1.54) is 5.56 Å². The summed E-state index contributed by atoms with van der Waals surface area (Å²) in [6, 6.07) is 15.7. The van der Waals surface area contributed by atoms with Gasteiger partial charge in [-0.2, -0.15) is 5.26 Å². The zero-order chi connectivity index (χ0) is 14.8. The second kappa shape index (κ2) is 5.41. The van der Waals surface area contributed by atoms with Gasteiger partial charge < -0.3 is 4.90 Å². The molecular formula is C18H16N2O. The Balaban J connectivity index is 2.17. The minimum absolute atomic E-state index is 0.0255. The maximum Gasteiger partial charge on any atom is 0.161 e. The van der Waals surface area contributed by atoms with Crippen molar-refractivity contribution in [1.82, 2.24) is 0 Å². The van der Waals surface area contributed by atoms with Crippen LogP contribution in [0.2, 0.25) is 0 Å². The van der Waals surface area contributed by atoms with Crippen molar-refractivity contribution in [3.8, 4) is 6.07 Å². The molecule has 2 aromatic carbocycles. The molecule has 0 bridgehead atoms. The van der Waals surface area contributed by atoms with Gasteiger partial charge in [0.2, 0.25) is 0 Å². The third-order valence-corrected chi connectivity index (χ3v) is 3.91. The second-order valence-electron chi connectivity index (χ2n) is 5.28. The normalized spacial score (nSPS) is 13.4. The van der Waals surface area contributed by atoms with Crippen LogP contribution in [0, 0.1) is 11.3 Å². The number of anilines is 2. The molecule has 1 aliphatic rings. The lowest BCUT2D eigenvalue weighted by atomic mass is 9.98. The average Bonchev–Trinajstić information content (AvgIpc) is 2.53. The molecule has 0 saturated carbocycles. The van der Waals surface area contributed by atoms with E-state index in [9.17, 15) is 4.79 Å². The number of ketones is 1. The Labute approximate surface area is 124 Å². The molecule has 0 radical (unpaired) electrons. The van der Waals surface area contributed by atoms with Crippen LogP contribution in [0.5, 0.6) is 0 Å². The van der Waals surface area contributed by atoms with Gasteiger partial charge in [-0.3, -0.25) is 4.79 Å². The molecule has 0 saturated heterocycles. The van der Waals surface area contributed by atoms with Gasteiger partial charge in [0, 0.05) is 17.8 Å². The molecule has 1 aliphatic heterocycles. The van der Waals surface area contributed by atoms with Crippen molar-refractivity contribution < 1.29 is 4.79 Å². The average molecular weight is 276 g/mol. The fraction of sp³-hybridized carbons (Fsp3) is 0.222. The van der Waals surface area contributed by atoms with Gasteiger partial charge in [-0.05, 0) is 49.6 Å². The minimum Gasteiger partial charge on any atom is -0.341 e. The molecule has 0 amide bonds. The lowest BCUT2D eigenvalue weighted by Crippen LogP contribution is -2.26. The molecule has 0 aliphatic carbocycles. The summed E-state index contributed by atoms with van der Waals surface area (Å²) in [6.45, 7) is 2.44. The number of fused-ring (bicyclic) bond motifs is 1. The summed E-state index contributed by atoms with van der Waals surface area (Å²) in [5.41, 5.74) is 4.53. The number of hydrogen-bond acceptors (Lipinski definition) is 3. The number of carbonyl (C=O) groups is 1. The lowest BCUT2D eigenvalue weighted by molar-refractivity contribution is 0.101. The summed E-state index contributed by atoms with van der Waals surface area (Å²) in [6.07, 6.45) is 2.10. The first kappa shape index (κ1) is 13.4. The number of rotatable bonds is 2. The van der Waals surface area contributed by atoms with Crippen molar-refractivity contribution in [3.05, 3.63) is 59.2 Å². The maximum absolute atomic E-state index is 11.9. The molecule has 21 heavy (non-hydrogen) atoms. The molecular weight excluding hydrogens is 260 g/mol. The highest BCUT2D eigenvalue weighted by Crippen LogP contribution is 2.35. The van der Waals surface area contributed by atoms with Crippen molar-refractivity contribution in [2.75, 3.05) is 11.4 Å².